The van der Waals surface area contributed by atoms with Gasteiger partial charge >= 0.3 is 12.2 Å². The summed E-state index contributed by atoms with van der Waals surface area (Å²) in [7, 11) is 0. The fourth-order valence-electron chi connectivity index (χ4n) is 4.18. The van der Waals surface area contributed by atoms with Gasteiger partial charge in [0.25, 0.3) is 0 Å². The van der Waals surface area contributed by atoms with E-state index >= 15 is 4.39 Å². The maximum Gasteiger partial charge on any atom is 0.415 e. The van der Waals surface area contributed by atoms with Gasteiger partial charge in [0.05, 0.1) is 16.6 Å². The van der Waals surface area contributed by atoms with Crippen LogP contribution < -0.4 is 9.46 Å². The van der Waals surface area contributed by atoms with Crippen molar-refractivity contribution < 1.29 is 28.0 Å². The molecule has 2 amide bonds. The number of amides is 2. The third-order valence-corrected chi connectivity index (χ3v) is 8.42. The van der Waals surface area contributed by atoms with E-state index in [1.54, 1.807) is 17.9 Å². The highest BCUT2D eigenvalue weighted by atomic mass is 35.5. The number of carbonyl (C=O) groups excluding carboxylic acids is 2. The predicted octanol–water partition coefficient (Wildman–Crippen LogP) is 6.37. The Bertz CT molecular complexity index is 986. The van der Waals surface area contributed by atoms with Gasteiger partial charge in [0.1, 0.15) is 16.1 Å². The molecule has 1 unspecified atom stereocenters. The van der Waals surface area contributed by atoms with E-state index in [0.29, 0.717) is 44.6 Å². The third kappa shape index (κ3) is 8.37. The van der Waals surface area contributed by atoms with Crippen molar-refractivity contribution in [3.8, 4) is 5.75 Å². The Kier molecular flexibility index (Phi) is 11.2. The van der Waals surface area contributed by atoms with Gasteiger partial charge in [-0.2, -0.15) is 0 Å². The Morgan fingerprint density at radius 2 is 1.76 bits per heavy atom. The SMILES string of the molecule is CCN(CC)C(=O)Oc1cc(C)c(Cl)c(F)c1C(N[S@@+]([O-])C(C)(C)C)C1CCN(C(=O)OC(C)(C)C)CC1. The van der Waals surface area contributed by atoms with Crippen molar-refractivity contribution in [3.63, 3.8) is 0 Å². The quantitative estimate of drug-likeness (QED) is 0.380. The van der Waals surface area contributed by atoms with Crippen LogP contribution in [0.3, 0.4) is 0 Å². The van der Waals surface area contributed by atoms with Crippen molar-refractivity contribution in [1.29, 1.82) is 0 Å². The van der Waals surface area contributed by atoms with E-state index in [1.165, 1.54) is 4.90 Å². The van der Waals surface area contributed by atoms with Crippen LogP contribution in [0.1, 0.15) is 85.4 Å². The molecular weight excluding hydrogens is 533 g/mol. The molecule has 1 aromatic rings. The van der Waals surface area contributed by atoms with Crippen LogP contribution in [-0.4, -0.2) is 63.1 Å². The molecule has 11 heteroatoms. The van der Waals surface area contributed by atoms with Gasteiger partial charge < -0.3 is 23.8 Å². The van der Waals surface area contributed by atoms with Gasteiger partial charge in [-0.25, -0.2) is 14.0 Å². The lowest BCUT2D eigenvalue weighted by Gasteiger charge is -2.38. The number of aryl methyl sites for hydroxylation is 1. The molecule has 0 bridgehead atoms. The molecule has 0 aliphatic carbocycles. The van der Waals surface area contributed by atoms with Gasteiger partial charge in [-0.3, -0.25) is 0 Å². The second-order valence-corrected chi connectivity index (χ2v) is 13.9. The van der Waals surface area contributed by atoms with Crippen LogP contribution in [0.15, 0.2) is 6.07 Å². The molecule has 1 aliphatic rings. The van der Waals surface area contributed by atoms with E-state index in [4.69, 9.17) is 21.1 Å². The zero-order chi connectivity index (χ0) is 29.0. The van der Waals surface area contributed by atoms with Gasteiger partial charge in [0.15, 0.2) is 5.82 Å². The molecule has 1 heterocycles. The number of ether oxygens (including phenoxy) is 2. The Balaban J connectivity index is 2.49. The van der Waals surface area contributed by atoms with Gasteiger partial charge in [-0.05, 0) is 92.7 Å². The van der Waals surface area contributed by atoms with Gasteiger partial charge in [0.2, 0.25) is 0 Å². The normalized spacial score (nSPS) is 16.7. The van der Waals surface area contributed by atoms with Gasteiger partial charge in [-0.1, -0.05) is 11.6 Å². The summed E-state index contributed by atoms with van der Waals surface area (Å²) < 4.78 is 42.9. The number of rotatable bonds is 7. The molecule has 0 spiro atoms. The molecule has 8 nitrogen and oxygen atoms in total. The monoisotopic (exact) mass is 575 g/mol. The van der Waals surface area contributed by atoms with Crippen LogP contribution in [0.2, 0.25) is 5.02 Å². The summed E-state index contributed by atoms with van der Waals surface area (Å²) in [5.41, 5.74) is -0.132. The number of likely N-dealkylation sites (tertiary alicyclic amines) is 1. The summed E-state index contributed by atoms with van der Waals surface area (Å²) in [6.45, 7) is 17.8. The first-order valence-electron chi connectivity index (χ1n) is 13.1. The molecular formula is C27H43ClFN3O5S. The van der Waals surface area contributed by atoms with Gasteiger partial charge in [-0.15, -0.1) is 4.72 Å². The highest BCUT2D eigenvalue weighted by Gasteiger charge is 2.40. The van der Waals surface area contributed by atoms with Crippen molar-refractivity contribution >= 4 is 35.1 Å². The summed E-state index contributed by atoms with van der Waals surface area (Å²) in [5.74, 6) is -0.898. The summed E-state index contributed by atoms with van der Waals surface area (Å²) in [6.07, 6.45) is -0.0240. The molecule has 1 saturated heterocycles. The van der Waals surface area contributed by atoms with Crippen molar-refractivity contribution in [3.05, 3.63) is 28.0 Å². The maximum absolute atomic E-state index is 15.9. The Morgan fingerprint density at radius 1 is 1.21 bits per heavy atom. The minimum absolute atomic E-state index is 0.0410. The number of nitrogens with one attached hydrogen (secondary N) is 1. The standard InChI is InChI=1S/C27H43ClFN3O5S/c1-10-31(11-2)24(33)36-19-16-17(3)21(28)22(29)20(19)23(30-38(35)27(7,8)9)18-12-14-32(15-13-18)25(34)37-26(4,5)6/h16,18,23,30H,10-15H2,1-9H3/t23?,38-/m0/s1. The lowest BCUT2D eigenvalue weighted by atomic mass is 9.85. The molecule has 1 aromatic carbocycles. The fraction of sp³-hybridized carbons (Fsp3) is 0.704. The van der Waals surface area contributed by atoms with Crippen molar-refractivity contribution in [2.75, 3.05) is 26.2 Å². The molecule has 0 aromatic heterocycles. The number of benzene rings is 1. The van der Waals surface area contributed by atoms with Crippen LogP contribution in [0, 0.1) is 18.7 Å². The van der Waals surface area contributed by atoms with E-state index in [-0.39, 0.29) is 22.3 Å². The van der Waals surface area contributed by atoms with E-state index < -0.39 is 45.8 Å². The van der Waals surface area contributed by atoms with Gasteiger partial charge in [0, 0.05) is 37.5 Å². The average molecular weight is 576 g/mol. The molecule has 1 aliphatic heterocycles. The first kappa shape index (κ1) is 32.5. The molecule has 0 saturated carbocycles. The molecule has 1 N–H and O–H groups in total. The number of halogens is 2. The number of piperidine rings is 1. The van der Waals surface area contributed by atoms with E-state index in [0.717, 1.165) is 0 Å². The fourth-order valence-corrected chi connectivity index (χ4v) is 5.23. The number of carbonyl (C=O) groups is 2. The summed E-state index contributed by atoms with van der Waals surface area (Å²) >= 11 is 4.78. The molecule has 2 rings (SSSR count). The third-order valence-electron chi connectivity index (χ3n) is 6.37. The Labute approximate surface area is 234 Å². The zero-order valence-corrected chi connectivity index (χ0v) is 25.6. The first-order valence-corrected chi connectivity index (χ1v) is 14.6. The first-order chi connectivity index (χ1) is 17.5. The lowest BCUT2D eigenvalue weighted by Crippen LogP contribution is -2.47. The van der Waals surface area contributed by atoms with Crippen LogP contribution in [-0.2, 0) is 16.1 Å². The number of nitrogens with zero attached hydrogens (tertiary/aromatic N) is 2. The highest BCUT2D eigenvalue weighted by molar-refractivity contribution is 7.90. The summed E-state index contributed by atoms with van der Waals surface area (Å²) in [4.78, 5) is 28.6. The minimum atomic E-state index is -1.57. The Morgan fingerprint density at radius 3 is 2.24 bits per heavy atom. The molecule has 2 atom stereocenters. The highest BCUT2D eigenvalue weighted by Crippen LogP contribution is 2.42. The molecule has 1 fully saturated rings. The zero-order valence-electron chi connectivity index (χ0n) is 24.1. The Hall–Kier alpha value is -1.75. The molecule has 0 radical (unpaired) electrons. The summed E-state index contributed by atoms with van der Waals surface area (Å²) in [6, 6.07) is 0.764. The second kappa shape index (κ2) is 13.1. The minimum Gasteiger partial charge on any atom is -0.598 e. The molecule has 216 valence electrons. The van der Waals surface area contributed by atoms with Crippen LogP contribution in [0.5, 0.6) is 5.75 Å². The summed E-state index contributed by atoms with van der Waals surface area (Å²) in [5, 5.41) is -0.0813. The molecule has 38 heavy (non-hydrogen) atoms. The number of hydrogen-bond acceptors (Lipinski definition) is 6. The lowest BCUT2D eigenvalue weighted by molar-refractivity contribution is 0.0170. The van der Waals surface area contributed by atoms with Crippen LogP contribution in [0.4, 0.5) is 14.0 Å². The van der Waals surface area contributed by atoms with E-state index in [2.05, 4.69) is 4.72 Å². The van der Waals surface area contributed by atoms with Crippen molar-refractivity contribution in [2.45, 2.75) is 91.5 Å². The number of hydrogen-bond donors (Lipinski definition) is 1. The van der Waals surface area contributed by atoms with Crippen LogP contribution in [0.25, 0.3) is 0 Å². The predicted molar refractivity (Wildman–Crippen MR) is 149 cm³/mol. The van der Waals surface area contributed by atoms with Crippen molar-refractivity contribution in [1.82, 2.24) is 14.5 Å². The van der Waals surface area contributed by atoms with E-state index in [1.807, 2.05) is 55.4 Å². The van der Waals surface area contributed by atoms with E-state index in [9.17, 15) is 14.1 Å². The largest absolute Gasteiger partial charge is 0.598 e. The smallest absolute Gasteiger partial charge is 0.415 e. The van der Waals surface area contributed by atoms with Crippen molar-refractivity contribution in [2.24, 2.45) is 5.92 Å². The average Bonchev–Trinajstić information content (AvgIpc) is 2.81. The topological polar surface area (TPSA) is 94.2 Å². The maximum atomic E-state index is 15.9. The second-order valence-electron chi connectivity index (χ2n) is 11.6. The van der Waals surface area contributed by atoms with Crippen LogP contribution >= 0.6 is 11.6 Å².